The number of hydrogen-bond acceptors (Lipinski definition) is 5. The van der Waals surface area contributed by atoms with E-state index in [1.165, 1.54) is 5.01 Å². The van der Waals surface area contributed by atoms with Gasteiger partial charge in [0.15, 0.2) is 0 Å². The second kappa shape index (κ2) is 7.51. The van der Waals surface area contributed by atoms with Crippen LogP contribution in [-0.2, 0) is 16.1 Å². The van der Waals surface area contributed by atoms with Crippen molar-refractivity contribution in [3.8, 4) is 0 Å². The average Bonchev–Trinajstić information content (AvgIpc) is 2.78. The van der Waals surface area contributed by atoms with E-state index in [9.17, 15) is 9.90 Å². The maximum absolute atomic E-state index is 12.0. The van der Waals surface area contributed by atoms with E-state index < -0.39 is 6.10 Å². The van der Waals surface area contributed by atoms with Crippen LogP contribution in [0.3, 0.4) is 0 Å². The minimum Gasteiger partial charge on any atom is -0.396 e. The molecule has 1 aliphatic heterocycles. The molecule has 1 heterocycles. The van der Waals surface area contributed by atoms with Crippen LogP contribution in [0.2, 0.25) is 0 Å². The predicted octanol–water partition coefficient (Wildman–Crippen LogP) is -0.0921. The molecule has 0 aromatic heterocycles. The van der Waals surface area contributed by atoms with Crippen molar-refractivity contribution in [3.63, 3.8) is 0 Å². The molecule has 1 aromatic rings. The molecule has 0 bridgehead atoms. The molecule has 0 radical (unpaired) electrons. The van der Waals surface area contributed by atoms with Gasteiger partial charge >= 0.3 is 0 Å². The Hall–Kier alpha value is -1.47. The number of hydrogen-bond donors (Lipinski definition) is 3. The SMILES string of the molecule is CN1N[C@@H]([C@@H](CO)OCc2ccccc2)[C@H](CCO)C1=O. The summed E-state index contributed by atoms with van der Waals surface area (Å²) in [5, 5.41) is 20.1. The zero-order chi connectivity index (χ0) is 15.2. The van der Waals surface area contributed by atoms with E-state index in [1.807, 2.05) is 30.3 Å². The number of carbonyl (C=O) groups is 1. The maximum Gasteiger partial charge on any atom is 0.241 e. The molecule has 116 valence electrons. The number of nitrogens with zero attached hydrogens (tertiary/aromatic N) is 1. The first kappa shape index (κ1) is 15.9. The highest BCUT2D eigenvalue weighted by Gasteiger charge is 2.42. The van der Waals surface area contributed by atoms with Gasteiger partial charge in [0.2, 0.25) is 5.91 Å². The maximum atomic E-state index is 12.0. The molecule has 0 spiro atoms. The van der Waals surface area contributed by atoms with Crippen LogP contribution in [0.4, 0.5) is 0 Å². The van der Waals surface area contributed by atoms with Crippen molar-refractivity contribution in [1.82, 2.24) is 10.4 Å². The largest absolute Gasteiger partial charge is 0.396 e. The van der Waals surface area contributed by atoms with Crippen molar-refractivity contribution in [3.05, 3.63) is 35.9 Å². The molecule has 1 amide bonds. The summed E-state index contributed by atoms with van der Waals surface area (Å²) in [6, 6.07) is 9.33. The molecule has 3 N–H and O–H groups in total. The molecule has 1 aromatic carbocycles. The number of carbonyl (C=O) groups excluding carboxylic acids is 1. The summed E-state index contributed by atoms with van der Waals surface area (Å²) in [6.45, 7) is 0.112. The Labute approximate surface area is 124 Å². The van der Waals surface area contributed by atoms with Crippen molar-refractivity contribution >= 4 is 5.91 Å². The fraction of sp³-hybridized carbons (Fsp3) is 0.533. The number of ether oxygens (including phenoxy) is 1. The smallest absolute Gasteiger partial charge is 0.241 e. The Bertz CT molecular complexity index is 454. The highest BCUT2D eigenvalue weighted by Crippen LogP contribution is 2.23. The lowest BCUT2D eigenvalue weighted by Gasteiger charge is -2.25. The Morgan fingerprint density at radius 1 is 1.33 bits per heavy atom. The summed E-state index contributed by atoms with van der Waals surface area (Å²) in [5.74, 6) is -0.469. The Kier molecular flexibility index (Phi) is 5.69. The van der Waals surface area contributed by atoms with E-state index in [4.69, 9.17) is 9.84 Å². The number of rotatable bonds is 7. The number of nitrogens with one attached hydrogen (secondary N) is 1. The van der Waals surface area contributed by atoms with Crippen LogP contribution < -0.4 is 5.43 Å². The van der Waals surface area contributed by atoms with Gasteiger partial charge < -0.3 is 14.9 Å². The molecule has 0 aliphatic carbocycles. The lowest BCUT2D eigenvalue weighted by atomic mass is 9.93. The van der Waals surface area contributed by atoms with Gasteiger partial charge in [-0.05, 0) is 12.0 Å². The quantitative estimate of drug-likeness (QED) is 0.655. The number of hydrazine groups is 1. The number of aliphatic hydroxyl groups is 2. The molecule has 0 unspecified atom stereocenters. The minimum absolute atomic E-state index is 0.0702. The highest BCUT2D eigenvalue weighted by atomic mass is 16.5. The normalized spacial score (nSPS) is 23.6. The first-order chi connectivity index (χ1) is 10.2. The summed E-state index contributed by atoms with van der Waals surface area (Å²) in [7, 11) is 1.64. The molecule has 3 atom stereocenters. The molecular weight excluding hydrogens is 272 g/mol. The zero-order valence-electron chi connectivity index (χ0n) is 12.1. The van der Waals surface area contributed by atoms with E-state index in [0.29, 0.717) is 13.0 Å². The van der Waals surface area contributed by atoms with Gasteiger partial charge in [0.1, 0.15) is 0 Å². The highest BCUT2D eigenvalue weighted by molar-refractivity contribution is 5.81. The number of aliphatic hydroxyl groups excluding tert-OH is 2. The third-order valence-corrected chi connectivity index (χ3v) is 3.75. The van der Waals surface area contributed by atoms with Crippen LogP contribution in [0, 0.1) is 5.92 Å². The summed E-state index contributed by atoms with van der Waals surface area (Å²) >= 11 is 0. The zero-order valence-corrected chi connectivity index (χ0v) is 12.1. The topological polar surface area (TPSA) is 82.0 Å². The first-order valence-electron chi connectivity index (χ1n) is 7.08. The van der Waals surface area contributed by atoms with Crippen LogP contribution in [0.1, 0.15) is 12.0 Å². The lowest BCUT2D eigenvalue weighted by Crippen LogP contribution is -2.45. The third-order valence-electron chi connectivity index (χ3n) is 3.75. The van der Waals surface area contributed by atoms with Crippen LogP contribution in [0.15, 0.2) is 30.3 Å². The second-order valence-electron chi connectivity index (χ2n) is 5.19. The van der Waals surface area contributed by atoms with Gasteiger partial charge in [-0.2, -0.15) is 0 Å². The van der Waals surface area contributed by atoms with E-state index >= 15 is 0 Å². The van der Waals surface area contributed by atoms with Crippen molar-refractivity contribution < 1.29 is 19.7 Å². The van der Waals surface area contributed by atoms with Crippen LogP contribution in [0.5, 0.6) is 0 Å². The molecule has 6 heteroatoms. The van der Waals surface area contributed by atoms with E-state index in [0.717, 1.165) is 5.56 Å². The van der Waals surface area contributed by atoms with Gasteiger partial charge in [0.05, 0.1) is 31.3 Å². The number of benzene rings is 1. The van der Waals surface area contributed by atoms with Crippen molar-refractivity contribution in [1.29, 1.82) is 0 Å². The molecule has 6 nitrogen and oxygen atoms in total. The molecule has 1 aliphatic rings. The fourth-order valence-electron chi connectivity index (χ4n) is 2.61. The van der Waals surface area contributed by atoms with Gasteiger partial charge in [0.25, 0.3) is 0 Å². The van der Waals surface area contributed by atoms with Crippen molar-refractivity contribution in [2.24, 2.45) is 5.92 Å². The molecule has 0 saturated carbocycles. The van der Waals surface area contributed by atoms with Gasteiger partial charge in [-0.15, -0.1) is 0 Å². The van der Waals surface area contributed by atoms with E-state index in [2.05, 4.69) is 5.43 Å². The van der Waals surface area contributed by atoms with Gasteiger partial charge in [0, 0.05) is 13.7 Å². The summed E-state index contributed by atoms with van der Waals surface area (Å²) in [4.78, 5) is 12.0. The van der Waals surface area contributed by atoms with Gasteiger partial charge in [-0.3, -0.25) is 9.80 Å². The monoisotopic (exact) mass is 294 g/mol. The summed E-state index contributed by atoms with van der Waals surface area (Å²) in [5.41, 5.74) is 4.02. The molecule has 2 rings (SSSR count). The second-order valence-corrected chi connectivity index (χ2v) is 5.19. The fourth-order valence-corrected chi connectivity index (χ4v) is 2.61. The van der Waals surface area contributed by atoms with Crippen LogP contribution in [-0.4, -0.2) is 53.5 Å². The lowest BCUT2D eigenvalue weighted by molar-refractivity contribution is -0.131. The minimum atomic E-state index is -0.504. The van der Waals surface area contributed by atoms with Gasteiger partial charge in [-0.25, -0.2) is 5.43 Å². The van der Waals surface area contributed by atoms with E-state index in [1.54, 1.807) is 7.05 Å². The Balaban J connectivity index is 2.00. The van der Waals surface area contributed by atoms with Crippen LogP contribution >= 0.6 is 0 Å². The number of amides is 1. The van der Waals surface area contributed by atoms with Gasteiger partial charge in [-0.1, -0.05) is 30.3 Å². The van der Waals surface area contributed by atoms with Crippen LogP contribution in [0.25, 0.3) is 0 Å². The molecular formula is C15H22N2O4. The predicted molar refractivity (Wildman–Crippen MR) is 77.0 cm³/mol. The Morgan fingerprint density at radius 3 is 2.67 bits per heavy atom. The molecule has 1 fully saturated rings. The van der Waals surface area contributed by atoms with E-state index in [-0.39, 0.29) is 31.1 Å². The van der Waals surface area contributed by atoms with Crippen molar-refractivity contribution in [2.75, 3.05) is 20.3 Å². The van der Waals surface area contributed by atoms with Crippen molar-refractivity contribution in [2.45, 2.75) is 25.2 Å². The standard InChI is InChI=1S/C15H22N2O4/c1-17-15(20)12(7-8-18)14(16-17)13(9-19)21-10-11-5-3-2-4-6-11/h2-6,12-14,16,18-19H,7-10H2,1H3/t12-,13+,14+/m0/s1. The Morgan fingerprint density at radius 2 is 2.05 bits per heavy atom. The average molecular weight is 294 g/mol. The first-order valence-corrected chi connectivity index (χ1v) is 7.08. The summed E-state index contributed by atoms with van der Waals surface area (Å²) in [6.07, 6.45) is -0.151. The molecule has 21 heavy (non-hydrogen) atoms. The third kappa shape index (κ3) is 3.79. The molecule has 1 saturated heterocycles. The summed E-state index contributed by atoms with van der Waals surface area (Å²) < 4.78 is 5.76.